The molecule has 0 radical (unpaired) electrons. The van der Waals surface area contributed by atoms with Crippen molar-refractivity contribution >= 4 is 38.5 Å². The maximum Gasteiger partial charge on any atom is 0.0424 e. The van der Waals surface area contributed by atoms with E-state index in [4.69, 9.17) is 0 Å². The summed E-state index contributed by atoms with van der Waals surface area (Å²) in [4.78, 5) is 0. The minimum atomic E-state index is 0.229. The number of fused-ring (bicyclic) bond motifs is 5. The fraction of sp³-hybridized carbons (Fsp3) is 0.818. The number of allylic oxidation sites excluding steroid dienone is 4. The van der Waals surface area contributed by atoms with Gasteiger partial charge in [0.1, 0.15) is 0 Å². The highest BCUT2D eigenvalue weighted by Gasteiger charge is 2.67. The van der Waals surface area contributed by atoms with Crippen molar-refractivity contribution in [3.63, 3.8) is 0 Å². The van der Waals surface area contributed by atoms with Crippen LogP contribution in [0.5, 0.6) is 0 Å². The SMILES string of the molecule is CC[C@@H]1[C@@H](C)C[C@H]2[C@@H]3[C@H](I)CC4=CCC=C[C@]4(C)[C@@]3(Br)CC[C@]12C. The molecule has 0 heterocycles. The number of hydrogen-bond acceptors (Lipinski definition) is 0. The number of halogens is 2. The Balaban J connectivity index is 1.80. The van der Waals surface area contributed by atoms with Gasteiger partial charge in [0, 0.05) is 13.7 Å². The average Bonchev–Trinajstić information content (AvgIpc) is 2.78. The van der Waals surface area contributed by atoms with Crippen molar-refractivity contribution in [2.75, 3.05) is 0 Å². The molecule has 2 heteroatoms. The normalized spacial score (nSPS) is 56.2. The lowest BCUT2D eigenvalue weighted by Crippen LogP contribution is -2.61. The van der Waals surface area contributed by atoms with Crippen molar-refractivity contribution in [2.45, 2.75) is 74.5 Å². The zero-order chi connectivity index (χ0) is 17.3. The fourth-order valence-corrected chi connectivity index (χ4v) is 10.8. The molecule has 0 N–H and O–H groups in total. The van der Waals surface area contributed by atoms with E-state index in [1.165, 1.54) is 32.1 Å². The Bertz CT molecular complexity index is 595. The van der Waals surface area contributed by atoms with E-state index in [9.17, 15) is 0 Å². The van der Waals surface area contributed by atoms with E-state index in [1.807, 2.05) is 0 Å². The molecule has 0 spiro atoms. The second-order valence-electron chi connectivity index (χ2n) is 9.52. The molecule has 0 aromatic carbocycles. The van der Waals surface area contributed by atoms with E-state index < -0.39 is 0 Å². The highest BCUT2D eigenvalue weighted by Crippen LogP contribution is 2.72. The zero-order valence-electron chi connectivity index (χ0n) is 15.6. The lowest BCUT2D eigenvalue weighted by Gasteiger charge is -2.63. The molecule has 0 aromatic heterocycles. The molecule has 0 saturated heterocycles. The maximum atomic E-state index is 4.44. The van der Waals surface area contributed by atoms with Gasteiger partial charge >= 0.3 is 0 Å². The van der Waals surface area contributed by atoms with Crippen LogP contribution in [-0.2, 0) is 0 Å². The summed E-state index contributed by atoms with van der Waals surface area (Å²) in [7, 11) is 0. The molecule has 8 atom stereocenters. The van der Waals surface area contributed by atoms with Crippen LogP contribution in [0.3, 0.4) is 0 Å². The quantitative estimate of drug-likeness (QED) is 0.200. The maximum absolute atomic E-state index is 4.44. The molecular formula is C22H32BrI. The van der Waals surface area contributed by atoms with E-state index in [0.29, 0.717) is 5.41 Å². The first-order valence-electron chi connectivity index (χ1n) is 9.98. The Labute approximate surface area is 170 Å². The van der Waals surface area contributed by atoms with Crippen LogP contribution in [0.25, 0.3) is 0 Å². The van der Waals surface area contributed by atoms with Crippen molar-refractivity contribution in [3.05, 3.63) is 23.8 Å². The number of alkyl halides is 2. The summed E-state index contributed by atoms with van der Waals surface area (Å²) in [5.41, 5.74) is 2.50. The van der Waals surface area contributed by atoms with E-state index in [-0.39, 0.29) is 9.74 Å². The molecular weight excluding hydrogens is 471 g/mol. The van der Waals surface area contributed by atoms with Crippen LogP contribution >= 0.6 is 38.5 Å². The summed E-state index contributed by atoms with van der Waals surface area (Å²) in [5, 5.41) is 0. The molecule has 3 saturated carbocycles. The topological polar surface area (TPSA) is 0 Å². The van der Waals surface area contributed by atoms with Crippen molar-refractivity contribution < 1.29 is 0 Å². The van der Waals surface area contributed by atoms with Gasteiger partial charge in [-0.05, 0) is 61.2 Å². The molecule has 0 aliphatic heterocycles. The molecule has 4 rings (SSSR count). The van der Waals surface area contributed by atoms with Crippen molar-refractivity contribution in [1.29, 1.82) is 0 Å². The average molecular weight is 503 g/mol. The molecule has 0 bridgehead atoms. The Morgan fingerprint density at radius 3 is 2.75 bits per heavy atom. The van der Waals surface area contributed by atoms with Gasteiger partial charge in [0.2, 0.25) is 0 Å². The third kappa shape index (κ3) is 2.14. The summed E-state index contributed by atoms with van der Waals surface area (Å²) in [6.45, 7) is 10.1. The van der Waals surface area contributed by atoms with Gasteiger partial charge in [0.25, 0.3) is 0 Å². The van der Waals surface area contributed by atoms with Crippen LogP contribution in [0.15, 0.2) is 23.8 Å². The first-order valence-corrected chi connectivity index (χ1v) is 12.0. The fourth-order valence-electron chi connectivity index (χ4n) is 7.51. The van der Waals surface area contributed by atoms with Gasteiger partial charge in [-0.1, -0.05) is 96.4 Å². The lowest BCUT2D eigenvalue weighted by atomic mass is 9.47. The molecule has 3 fully saturated rings. The lowest BCUT2D eigenvalue weighted by molar-refractivity contribution is -0.00762. The standard InChI is InChI=1S/C22H32BrI/c1-5-16-14(2)12-17-19-18(24)13-15-8-6-7-9-21(15,4)22(19,23)11-10-20(16,17)3/h7-9,14,16-19H,5-6,10-13H2,1-4H3/t14-,16+,17-,18+,19+,20+,21-,22+/m0/s1. The zero-order valence-corrected chi connectivity index (χ0v) is 19.4. The van der Waals surface area contributed by atoms with Gasteiger partial charge in [0.15, 0.2) is 0 Å². The van der Waals surface area contributed by atoms with Gasteiger partial charge < -0.3 is 0 Å². The van der Waals surface area contributed by atoms with Gasteiger partial charge in [0.05, 0.1) is 0 Å². The van der Waals surface area contributed by atoms with Gasteiger partial charge in [-0.3, -0.25) is 0 Å². The summed E-state index contributed by atoms with van der Waals surface area (Å²) in [6, 6.07) is 0. The van der Waals surface area contributed by atoms with E-state index in [0.717, 1.165) is 34.0 Å². The Morgan fingerprint density at radius 1 is 1.29 bits per heavy atom. The van der Waals surface area contributed by atoms with Crippen molar-refractivity contribution in [1.82, 2.24) is 0 Å². The summed E-state index contributed by atoms with van der Waals surface area (Å²) in [6.07, 6.45) is 15.5. The molecule has 4 aliphatic rings. The number of rotatable bonds is 1. The van der Waals surface area contributed by atoms with Crippen LogP contribution in [0.2, 0.25) is 0 Å². The van der Waals surface area contributed by atoms with Crippen LogP contribution in [0, 0.1) is 34.5 Å². The summed E-state index contributed by atoms with van der Waals surface area (Å²) in [5.74, 6) is 3.52. The second-order valence-corrected chi connectivity index (χ2v) is 12.5. The molecule has 24 heavy (non-hydrogen) atoms. The molecule has 0 amide bonds. The smallest absolute Gasteiger partial charge is 0.0424 e. The minimum Gasteiger partial charge on any atom is -0.0838 e. The molecule has 0 nitrogen and oxygen atoms in total. The third-order valence-electron chi connectivity index (χ3n) is 8.72. The van der Waals surface area contributed by atoms with Gasteiger partial charge in [-0.25, -0.2) is 0 Å². The van der Waals surface area contributed by atoms with Crippen LogP contribution in [0.1, 0.15) is 66.2 Å². The first kappa shape index (κ1) is 18.1. The summed E-state index contributed by atoms with van der Waals surface area (Å²) < 4.78 is 1.04. The van der Waals surface area contributed by atoms with Crippen molar-refractivity contribution in [3.8, 4) is 0 Å². The minimum absolute atomic E-state index is 0.229. The molecule has 134 valence electrons. The predicted octanol–water partition coefficient (Wildman–Crippen LogP) is 7.32. The van der Waals surface area contributed by atoms with Gasteiger partial charge in [-0.2, -0.15) is 0 Å². The highest BCUT2D eigenvalue weighted by molar-refractivity contribution is 14.1. The van der Waals surface area contributed by atoms with E-state index in [2.05, 4.69) is 84.4 Å². The summed E-state index contributed by atoms with van der Waals surface area (Å²) >= 11 is 7.25. The first-order chi connectivity index (χ1) is 11.3. The highest BCUT2D eigenvalue weighted by atomic mass is 127. The van der Waals surface area contributed by atoms with Crippen LogP contribution in [0.4, 0.5) is 0 Å². The number of hydrogen-bond donors (Lipinski definition) is 0. The molecule has 0 aromatic rings. The molecule has 0 unspecified atom stereocenters. The van der Waals surface area contributed by atoms with E-state index in [1.54, 1.807) is 5.57 Å². The van der Waals surface area contributed by atoms with E-state index >= 15 is 0 Å². The predicted molar refractivity (Wildman–Crippen MR) is 116 cm³/mol. The van der Waals surface area contributed by atoms with Gasteiger partial charge in [-0.15, -0.1) is 0 Å². The monoisotopic (exact) mass is 502 g/mol. The largest absolute Gasteiger partial charge is 0.0838 e. The second kappa shape index (κ2) is 5.84. The van der Waals surface area contributed by atoms with Crippen molar-refractivity contribution in [2.24, 2.45) is 34.5 Å². The molecule has 4 aliphatic carbocycles. The Kier molecular flexibility index (Phi) is 4.40. The Morgan fingerprint density at radius 2 is 2.04 bits per heavy atom. The van der Waals surface area contributed by atoms with Crippen LogP contribution < -0.4 is 0 Å². The van der Waals surface area contributed by atoms with Crippen LogP contribution in [-0.4, -0.2) is 8.25 Å². The third-order valence-corrected chi connectivity index (χ3v) is 11.7. The Hall–Kier alpha value is 0.690.